The lowest BCUT2D eigenvalue weighted by Gasteiger charge is -2.30. The number of esters is 1. The van der Waals surface area contributed by atoms with Crippen molar-refractivity contribution in [1.82, 2.24) is 15.3 Å². The number of halogens is 5. The molecule has 0 spiro atoms. The molecule has 41 heavy (non-hydrogen) atoms. The number of rotatable bonds is 10. The van der Waals surface area contributed by atoms with Gasteiger partial charge in [0.1, 0.15) is 17.2 Å². The number of hydrogen-bond acceptors (Lipinski definition) is 8. The van der Waals surface area contributed by atoms with E-state index in [1.807, 2.05) is 0 Å². The fourth-order valence-electron chi connectivity index (χ4n) is 3.39. The van der Waals surface area contributed by atoms with Gasteiger partial charge in [-0.25, -0.2) is 9.59 Å². The molecule has 2 atom stereocenters. The van der Waals surface area contributed by atoms with Crippen molar-refractivity contribution in [2.45, 2.75) is 83.4 Å². The third kappa shape index (κ3) is 10.8. The van der Waals surface area contributed by atoms with Crippen LogP contribution in [-0.2, 0) is 19.9 Å². The summed E-state index contributed by atoms with van der Waals surface area (Å²) >= 11 is 13.1. The fourth-order valence-corrected chi connectivity index (χ4v) is 4.94. The van der Waals surface area contributed by atoms with Crippen LogP contribution >= 0.6 is 35.0 Å². The molecule has 228 valence electrons. The summed E-state index contributed by atoms with van der Waals surface area (Å²) in [5.41, 5.74) is -4.94. The van der Waals surface area contributed by atoms with Gasteiger partial charge in [-0.05, 0) is 84.1 Å². The van der Waals surface area contributed by atoms with Gasteiger partial charge < -0.3 is 19.9 Å². The SMILES string of the molecule is CC(C)(C)OC(=O)N[C@@H](CCSCCC(O)(c1cnc(-c2ccc(Cl)cc2Cl)cn1)C(F)(F)F)C(=O)OC(C)(C)C. The van der Waals surface area contributed by atoms with E-state index in [0.29, 0.717) is 10.6 Å². The van der Waals surface area contributed by atoms with E-state index in [0.717, 1.165) is 24.2 Å². The second kappa shape index (κ2) is 13.8. The number of alkyl halides is 3. The van der Waals surface area contributed by atoms with E-state index in [2.05, 4.69) is 15.3 Å². The van der Waals surface area contributed by atoms with E-state index in [1.165, 1.54) is 6.07 Å². The highest BCUT2D eigenvalue weighted by atomic mass is 35.5. The third-order valence-electron chi connectivity index (χ3n) is 5.29. The quantitative estimate of drug-likeness (QED) is 0.212. The fraction of sp³-hybridized carbons (Fsp3) is 0.556. The van der Waals surface area contributed by atoms with Crippen LogP contribution in [0.4, 0.5) is 18.0 Å². The highest BCUT2D eigenvalue weighted by Gasteiger charge is 2.55. The van der Waals surface area contributed by atoms with E-state index >= 15 is 0 Å². The number of aliphatic hydroxyl groups is 1. The van der Waals surface area contributed by atoms with E-state index in [-0.39, 0.29) is 28.6 Å². The summed E-state index contributed by atoms with van der Waals surface area (Å²) in [5.74, 6) is -0.671. The van der Waals surface area contributed by atoms with Crippen LogP contribution in [0, 0.1) is 0 Å². The minimum absolute atomic E-state index is 0.0552. The van der Waals surface area contributed by atoms with Gasteiger partial charge in [-0.15, -0.1) is 0 Å². The van der Waals surface area contributed by atoms with Crippen molar-refractivity contribution >= 4 is 47.0 Å². The van der Waals surface area contributed by atoms with Crippen molar-refractivity contribution in [2.75, 3.05) is 11.5 Å². The second-order valence-corrected chi connectivity index (χ2v) is 13.2. The first kappa shape index (κ1) is 34.9. The average Bonchev–Trinajstić information content (AvgIpc) is 2.80. The van der Waals surface area contributed by atoms with Crippen LogP contribution in [0.5, 0.6) is 0 Å². The topological polar surface area (TPSA) is 111 Å². The number of carbonyl (C=O) groups excluding carboxylic acids is 2. The highest BCUT2D eigenvalue weighted by Crippen LogP contribution is 2.41. The van der Waals surface area contributed by atoms with Crippen LogP contribution in [0.2, 0.25) is 10.0 Å². The molecule has 0 aliphatic rings. The lowest BCUT2D eigenvalue weighted by atomic mass is 9.96. The van der Waals surface area contributed by atoms with Gasteiger partial charge in [-0.1, -0.05) is 23.2 Å². The first-order valence-corrected chi connectivity index (χ1v) is 14.5. The molecule has 1 heterocycles. The number of hydrogen-bond donors (Lipinski definition) is 2. The normalized spacial score (nSPS) is 14.6. The minimum atomic E-state index is -5.04. The molecule has 1 unspecified atom stereocenters. The van der Waals surface area contributed by atoms with Crippen LogP contribution in [0.25, 0.3) is 11.3 Å². The number of ether oxygens (including phenoxy) is 2. The summed E-state index contributed by atoms with van der Waals surface area (Å²) in [5, 5.41) is 13.8. The zero-order valence-corrected chi connectivity index (χ0v) is 25.9. The summed E-state index contributed by atoms with van der Waals surface area (Å²) in [6.45, 7) is 10.00. The van der Waals surface area contributed by atoms with Crippen molar-refractivity contribution in [1.29, 1.82) is 0 Å². The monoisotopic (exact) mass is 639 g/mol. The molecule has 2 N–H and O–H groups in total. The Kier molecular flexibility index (Phi) is 11.7. The number of nitrogens with one attached hydrogen (secondary N) is 1. The van der Waals surface area contributed by atoms with Gasteiger partial charge >= 0.3 is 18.2 Å². The van der Waals surface area contributed by atoms with E-state index in [9.17, 15) is 27.9 Å². The van der Waals surface area contributed by atoms with Crippen molar-refractivity contribution < 1.29 is 37.3 Å². The van der Waals surface area contributed by atoms with Gasteiger partial charge in [0.2, 0.25) is 5.60 Å². The zero-order chi connectivity index (χ0) is 31.2. The van der Waals surface area contributed by atoms with Gasteiger partial charge in [0.15, 0.2) is 0 Å². The van der Waals surface area contributed by atoms with Gasteiger partial charge in [0.25, 0.3) is 0 Å². The van der Waals surface area contributed by atoms with Crippen molar-refractivity contribution in [3.63, 3.8) is 0 Å². The molecule has 0 saturated heterocycles. The molecule has 0 aliphatic heterocycles. The first-order chi connectivity index (χ1) is 18.7. The Balaban J connectivity index is 2.08. The van der Waals surface area contributed by atoms with Gasteiger partial charge in [0.05, 0.1) is 28.8 Å². The molecule has 8 nitrogen and oxygen atoms in total. The molecule has 1 aromatic carbocycles. The number of carbonyl (C=O) groups is 2. The number of nitrogens with zero attached hydrogens (tertiary/aromatic N) is 2. The maximum atomic E-state index is 14.0. The van der Waals surface area contributed by atoms with Crippen molar-refractivity contribution in [3.8, 4) is 11.3 Å². The molecule has 0 radical (unpaired) electrons. The number of aromatic nitrogens is 2. The summed E-state index contributed by atoms with van der Waals surface area (Å²) in [7, 11) is 0. The Bertz CT molecular complexity index is 1200. The molecule has 2 rings (SSSR count). The predicted molar refractivity (Wildman–Crippen MR) is 153 cm³/mol. The van der Waals surface area contributed by atoms with Gasteiger partial charge in [-0.2, -0.15) is 24.9 Å². The lowest BCUT2D eigenvalue weighted by Crippen LogP contribution is -2.46. The Hall–Kier alpha value is -2.28. The number of amides is 1. The molecule has 1 aromatic heterocycles. The summed E-state index contributed by atoms with van der Waals surface area (Å²) in [4.78, 5) is 32.8. The summed E-state index contributed by atoms with van der Waals surface area (Å²) in [6, 6.07) is 3.49. The molecular weight excluding hydrogens is 606 g/mol. The highest BCUT2D eigenvalue weighted by molar-refractivity contribution is 7.99. The van der Waals surface area contributed by atoms with Crippen LogP contribution in [0.1, 0.15) is 60.1 Å². The predicted octanol–water partition coefficient (Wildman–Crippen LogP) is 6.95. The van der Waals surface area contributed by atoms with Crippen LogP contribution in [0.15, 0.2) is 30.6 Å². The maximum Gasteiger partial charge on any atom is 0.423 e. The minimum Gasteiger partial charge on any atom is -0.458 e. The molecule has 0 aliphatic carbocycles. The van der Waals surface area contributed by atoms with E-state index in [4.69, 9.17) is 32.7 Å². The first-order valence-electron chi connectivity index (χ1n) is 12.6. The molecular formula is C27H34Cl2F3N3O5S. The molecule has 1 amide bonds. The van der Waals surface area contributed by atoms with Crippen molar-refractivity contribution in [2.24, 2.45) is 0 Å². The largest absolute Gasteiger partial charge is 0.458 e. The summed E-state index contributed by atoms with van der Waals surface area (Å²) in [6.07, 6.45) is -4.58. The number of alkyl carbamates (subject to hydrolysis) is 1. The second-order valence-electron chi connectivity index (χ2n) is 11.2. The third-order valence-corrected chi connectivity index (χ3v) is 6.86. The standard InChI is InChI=1S/C27H34Cl2F3N3O5S/c1-24(2,3)39-22(36)19(35-23(37)40-25(4,5)6)9-11-41-12-10-26(38,27(30,31)32)21-15-33-20(14-34-21)17-8-7-16(28)13-18(17)29/h7-8,13-15,19,38H,9-12H2,1-6H3,(H,35,37)/t19-,26?/m0/s1. The summed E-state index contributed by atoms with van der Waals surface area (Å²) < 4.78 is 52.6. The van der Waals surface area contributed by atoms with Crippen molar-refractivity contribution in [3.05, 3.63) is 46.3 Å². The molecule has 0 saturated carbocycles. The molecule has 0 fully saturated rings. The van der Waals surface area contributed by atoms with Gasteiger partial charge in [-0.3, -0.25) is 9.97 Å². The van der Waals surface area contributed by atoms with E-state index < -0.39 is 53.2 Å². The van der Waals surface area contributed by atoms with E-state index in [1.54, 1.807) is 53.7 Å². The Labute approximate surface area is 251 Å². The smallest absolute Gasteiger partial charge is 0.423 e. The number of benzene rings is 1. The molecule has 2 aromatic rings. The Morgan fingerprint density at radius 1 is 1.00 bits per heavy atom. The lowest BCUT2D eigenvalue weighted by molar-refractivity contribution is -0.268. The van der Waals surface area contributed by atoms with Crippen LogP contribution in [-0.4, -0.2) is 62.1 Å². The molecule has 14 heteroatoms. The van der Waals surface area contributed by atoms with Gasteiger partial charge in [0, 0.05) is 10.6 Å². The Morgan fingerprint density at radius 2 is 1.63 bits per heavy atom. The van der Waals surface area contributed by atoms with Crippen LogP contribution < -0.4 is 5.32 Å². The number of thioether (sulfide) groups is 1. The maximum absolute atomic E-state index is 14.0. The zero-order valence-electron chi connectivity index (χ0n) is 23.6. The average molecular weight is 641 g/mol. The van der Waals surface area contributed by atoms with Crippen LogP contribution in [0.3, 0.4) is 0 Å². The molecule has 0 bridgehead atoms. The Morgan fingerprint density at radius 3 is 2.15 bits per heavy atom.